The quantitative estimate of drug-likeness (QED) is 0.761. The van der Waals surface area contributed by atoms with Gasteiger partial charge < -0.3 is 5.32 Å². The van der Waals surface area contributed by atoms with Crippen molar-refractivity contribution in [2.75, 3.05) is 0 Å². The van der Waals surface area contributed by atoms with Gasteiger partial charge in [0.2, 0.25) is 0 Å². The molecule has 0 saturated heterocycles. The van der Waals surface area contributed by atoms with Gasteiger partial charge in [0.1, 0.15) is 6.04 Å². The first-order valence-electron chi connectivity index (χ1n) is 9.05. The number of amides is 1. The van der Waals surface area contributed by atoms with Gasteiger partial charge in [-0.15, -0.1) is 0 Å². The van der Waals surface area contributed by atoms with Gasteiger partial charge in [0.05, 0.1) is 22.8 Å². The van der Waals surface area contributed by atoms with Crippen LogP contribution < -0.4 is 5.32 Å². The molecular formula is C23H19N3O. The lowest BCUT2D eigenvalue weighted by Crippen LogP contribution is -2.32. The van der Waals surface area contributed by atoms with Crippen LogP contribution in [0.3, 0.4) is 0 Å². The van der Waals surface area contributed by atoms with E-state index in [2.05, 4.69) is 29.6 Å². The summed E-state index contributed by atoms with van der Waals surface area (Å²) in [4.78, 5) is 17.8. The summed E-state index contributed by atoms with van der Waals surface area (Å²) in [7, 11) is 0. The van der Waals surface area contributed by atoms with Gasteiger partial charge in [0.15, 0.2) is 0 Å². The smallest absolute Gasteiger partial charge is 0.253 e. The molecule has 27 heavy (non-hydrogen) atoms. The van der Waals surface area contributed by atoms with E-state index >= 15 is 0 Å². The maximum Gasteiger partial charge on any atom is 0.253 e. The number of nitrogens with one attached hydrogen (secondary N) is 1. The van der Waals surface area contributed by atoms with E-state index in [1.165, 1.54) is 0 Å². The van der Waals surface area contributed by atoms with E-state index in [-0.39, 0.29) is 5.91 Å². The monoisotopic (exact) mass is 353 g/mol. The highest BCUT2D eigenvalue weighted by Gasteiger charge is 2.27. The minimum Gasteiger partial charge on any atom is -0.337 e. The molecule has 0 bridgehead atoms. The Kier molecular flexibility index (Phi) is 4.43. The summed E-state index contributed by atoms with van der Waals surface area (Å²) in [6.07, 6.45) is 3.77. The summed E-state index contributed by atoms with van der Waals surface area (Å²) in [6.45, 7) is 1.68. The van der Waals surface area contributed by atoms with Gasteiger partial charge in [-0.3, -0.25) is 4.79 Å². The van der Waals surface area contributed by atoms with Gasteiger partial charge in [-0.05, 0) is 48.6 Å². The Morgan fingerprint density at radius 1 is 1.15 bits per heavy atom. The molecule has 2 aromatic carbocycles. The van der Waals surface area contributed by atoms with Gasteiger partial charge >= 0.3 is 0 Å². The van der Waals surface area contributed by atoms with Crippen LogP contribution in [0.4, 0.5) is 0 Å². The number of fused-ring (bicyclic) bond motifs is 2. The van der Waals surface area contributed by atoms with Crippen LogP contribution in [-0.4, -0.2) is 16.9 Å². The second kappa shape index (κ2) is 7.05. The van der Waals surface area contributed by atoms with Crippen LogP contribution >= 0.6 is 0 Å². The van der Waals surface area contributed by atoms with Crippen molar-refractivity contribution < 1.29 is 4.79 Å². The van der Waals surface area contributed by atoms with Crippen molar-refractivity contribution in [2.45, 2.75) is 25.8 Å². The number of benzene rings is 2. The molecule has 1 aliphatic carbocycles. The zero-order valence-corrected chi connectivity index (χ0v) is 15.1. The number of allylic oxidation sites excluding steroid dienone is 1. The molecular weight excluding hydrogens is 334 g/mol. The predicted molar refractivity (Wildman–Crippen MR) is 107 cm³/mol. The number of hydrogen-bond donors (Lipinski definition) is 1. The second-order valence-corrected chi connectivity index (χ2v) is 6.74. The van der Waals surface area contributed by atoms with E-state index in [4.69, 9.17) is 10.2 Å². The fourth-order valence-electron chi connectivity index (χ4n) is 3.59. The molecule has 1 amide bonds. The Hall–Kier alpha value is -3.45. The summed E-state index contributed by atoms with van der Waals surface area (Å²) in [5.41, 5.74) is 5.58. The van der Waals surface area contributed by atoms with Crippen LogP contribution in [0.25, 0.3) is 22.6 Å². The van der Waals surface area contributed by atoms with E-state index in [1.54, 1.807) is 6.92 Å². The molecule has 3 aromatic rings. The molecule has 132 valence electrons. The topological polar surface area (TPSA) is 65.8 Å². The largest absolute Gasteiger partial charge is 0.337 e. The predicted octanol–water partition coefficient (Wildman–Crippen LogP) is 4.36. The summed E-state index contributed by atoms with van der Waals surface area (Å²) in [6, 6.07) is 19.4. The fourth-order valence-corrected chi connectivity index (χ4v) is 3.59. The molecule has 0 radical (unpaired) electrons. The van der Waals surface area contributed by atoms with Gasteiger partial charge in [-0.25, -0.2) is 4.98 Å². The van der Waals surface area contributed by atoms with Crippen molar-refractivity contribution in [1.82, 2.24) is 10.3 Å². The van der Waals surface area contributed by atoms with E-state index in [9.17, 15) is 4.79 Å². The molecule has 0 aliphatic heterocycles. The highest BCUT2D eigenvalue weighted by Crippen LogP contribution is 2.37. The van der Waals surface area contributed by atoms with Gasteiger partial charge in [-0.2, -0.15) is 5.26 Å². The van der Waals surface area contributed by atoms with Crippen LogP contribution in [-0.2, 0) is 6.42 Å². The van der Waals surface area contributed by atoms with Gasteiger partial charge in [0, 0.05) is 5.39 Å². The molecule has 0 fully saturated rings. The third-order valence-electron chi connectivity index (χ3n) is 4.85. The standard InChI is InChI=1S/C23H19N3O/c1-15(14-24)25-23(27)21-18-9-5-6-10-20(18)26-22-17(11-12-19(21)22)13-16-7-3-2-4-8-16/h2-10,13,15H,11-12H2,1H3,(H,25,27)/b17-13-. The molecule has 1 heterocycles. The van der Waals surface area contributed by atoms with E-state index in [1.807, 2.05) is 42.5 Å². The van der Waals surface area contributed by atoms with Crippen LogP contribution in [0.1, 0.15) is 40.5 Å². The Morgan fingerprint density at radius 2 is 1.89 bits per heavy atom. The molecule has 4 rings (SSSR count). The minimum atomic E-state index is -0.541. The molecule has 4 heteroatoms. The van der Waals surface area contributed by atoms with Gasteiger partial charge in [-0.1, -0.05) is 48.5 Å². The molecule has 1 N–H and O–H groups in total. The lowest BCUT2D eigenvalue weighted by atomic mass is 9.99. The summed E-state index contributed by atoms with van der Waals surface area (Å²) in [5.74, 6) is -0.208. The summed E-state index contributed by atoms with van der Waals surface area (Å²) >= 11 is 0. The number of carbonyl (C=O) groups is 1. The Bertz CT molecular complexity index is 1090. The number of nitrogens with zero attached hydrogens (tertiary/aromatic N) is 2. The second-order valence-electron chi connectivity index (χ2n) is 6.74. The minimum absolute atomic E-state index is 0.208. The summed E-state index contributed by atoms with van der Waals surface area (Å²) in [5, 5.41) is 12.7. The molecule has 1 atom stereocenters. The van der Waals surface area contributed by atoms with Crippen LogP contribution in [0.15, 0.2) is 54.6 Å². The first kappa shape index (κ1) is 17.0. The maximum atomic E-state index is 12.9. The Morgan fingerprint density at radius 3 is 2.67 bits per heavy atom. The van der Waals surface area contributed by atoms with Crippen molar-refractivity contribution in [3.05, 3.63) is 77.0 Å². The number of pyridine rings is 1. The SMILES string of the molecule is CC(C#N)NC(=O)c1c2c(nc3ccccc13)/C(=C\c1ccccc1)CC2. The number of hydrogen-bond acceptors (Lipinski definition) is 3. The van der Waals surface area contributed by atoms with Crippen molar-refractivity contribution >= 4 is 28.5 Å². The number of nitriles is 1. The lowest BCUT2D eigenvalue weighted by molar-refractivity contribution is 0.0948. The molecule has 1 aliphatic rings. The molecule has 4 nitrogen and oxygen atoms in total. The van der Waals surface area contributed by atoms with Gasteiger partial charge in [0.25, 0.3) is 5.91 Å². The van der Waals surface area contributed by atoms with E-state index in [0.29, 0.717) is 5.56 Å². The number of para-hydroxylation sites is 1. The number of aromatic nitrogens is 1. The van der Waals surface area contributed by atoms with Crippen molar-refractivity contribution in [3.63, 3.8) is 0 Å². The first-order chi connectivity index (χ1) is 13.2. The number of carbonyl (C=O) groups excluding carboxylic acids is 1. The molecule has 1 aromatic heterocycles. The molecule has 0 saturated carbocycles. The number of rotatable bonds is 3. The molecule has 0 spiro atoms. The van der Waals surface area contributed by atoms with Crippen molar-refractivity contribution in [3.8, 4) is 6.07 Å². The van der Waals surface area contributed by atoms with Crippen LogP contribution in [0, 0.1) is 11.3 Å². The van der Waals surface area contributed by atoms with E-state index < -0.39 is 6.04 Å². The lowest BCUT2D eigenvalue weighted by Gasteiger charge is -2.13. The summed E-state index contributed by atoms with van der Waals surface area (Å²) < 4.78 is 0. The molecule has 1 unspecified atom stereocenters. The van der Waals surface area contributed by atoms with Crippen LogP contribution in [0.2, 0.25) is 0 Å². The van der Waals surface area contributed by atoms with Crippen molar-refractivity contribution in [1.29, 1.82) is 5.26 Å². The fraction of sp³-hybridized carbons (Fsp3) is 0.174. The van der Waals surface area contributed by atoms with E-state index in [0.717, 1.165) is 46.1 Å². The Labute approximate surface area is 158 Å². The highest BCUT2D eigenvalue weighted by molar-refractivity contribution is 6.09. The van der Waals surface area contributed by atoms with Crippen LogP contribution in [0.5, 0.6) is 0 Å². The average molecular weight is 353 g/mol. The maximum absolute atomic E-state index is 12.9. The average Bonchev–Trinajstić information content (AvgIpc) is 3.08. The first-order valence-corrected chi connectivity index (χ1v) is 9.05. The zero-order valence-electron chi connectivity index (χ0n) is 15.1. The van der Waals surface area contributed by atoms with Crippen molar-refractivity contribution in [2.24, 2.45) is 0 Å². The third kappa shape index (κ3) is 3.20. The highest BCUT2D eigenvalue weighted by atomic mass is 16.1. The normalized spacial score (nSPS) is 15.3. The Balaban J connectivity index is 1.88. The zero-order chi connectivity index (χ0) is 18.8. The third-order valence-corrected chi connectivity index (χ3v) is 4.85.